The van der Waals surface area contributed by atoms with Crippen LogP contribution in [-0.2, 0) is 42.7 Å². The normalized spacial score (nSPS) is 39.0. The van der Waals surface area contributed by atoms with Crippen LogP contribution in [0.5, 0.6) is 5.75 Å². The molecule has 0 spiro atoms. The first kappa shape index (κ1) is 51.1. The van der Waals surface area contributed by atoms with Crippen molar-refractivity contribution in [3.8, 4) is 5.75 Å². The number of hydrogen-bond acceptors (Lipinski definition) is 17. The van der Waals surface area contributed by atoms with Crippen molar-refractivity contribution in [2.45, 2.75) is 166 Å². The van der Waals surface area contributed by atoms with Crippen LogP contribution < -0.4 is 4.74 Å². The molecule has 4 aliphatic carbocycles. The van der Waals surface area contributed by atoms with Gasteiger partial charge in [-0.25, -0.2) is 19.1 Å². The summed E-state index contributed by atoms with van der Waals surface area (Å²) in [6.07, 6.45) is -1.60. The summed E-state index contributed by atoms with van der Waals surface area (Å²) >= 11 is 0. The molecule has 0 amide bonds. The van der Waals surface area contributed by atoms with Crippen LogP contribution in [0.1, 0.15) is 110 Å². The van der Waals surface area contributed by atoms with Crippen LogP contribution in [0.2, 0.25) is 0 Å². The van der Waals surface area contributed by atoms with E-state index in [1.807, 2.05) is 13.8 Å². The minimum Gasteiger partial charge on any atom is -0.497 e. The Kier molecular flexibility index (Phi) is 15.1. The average molecular weight is 967 g/mol. The molecule has 1 unspecified atom stereocenters. The number of rotatable bonds is 14. The van der Waals surface area contributed by atoms with E-state index in [1.165, 1.54) is 48.8 Å². The molecule has 0 bridgehead atoms. The number of benzene rings is 1. The maximum absolute atomic E-state index is 14.3. The molecular weight excluding hydrogens is 897 g/mol. The van der Waals surface area contributed by atoms with E-state index >= 15 is 0 Å². The molecule has 17 atom stereocenters. The number of esters is 2. The Morgan fingerprint density at radius 3 is 2.26 bits per heavy atom. The third kappa shape index (κ3) is 9.76. The first-order valence-electron chi connectivity index (χ1n) is 24.5. The second-order valence-electron chi connectivity index (χ2n) is 21.0. The minimum absolute atomic E-state index is 0.0895. The van der Waals surface area contributed by atoms with Crippen LogP contribution in [0, 0.1) is 40.4 Å². The molecule has 1 aromatic carbocycles. The summed E-state index contributed by atoms with van der Waals surface area (Å²) in [4.78, 5) is 57.4. The van der Waals surface area contributed by atoms with Gasteiger partial charge in [0.15, 0.2) is 24.8 Å². The van der Waals surface area contributed by atoms with Gasteiger partial charge < -0.3 is 58.3 Å². The maximum Gasteiger partial charge on any atom is 0.419 e. The van der Waals surface area contributed by atoms with Crippen LogP contribution in [0.15, 0.2) is 54.6 Å². The summed E-state index contributed by atoms with van der Waals surface area (Å²) in [6.45, 7) is 10.6. The van der Waals surface area contributed by atoms with Gasteiger partial charge in [-0.15, -0.1) is 0 Å². The molecule has 380 valence electrons. The number of hydrogen-bond donors (Lipinski definition) is 4. The van der Waals surface area contributed by atoms with Crippen molar-refractivity contribution in [2.24, 2.45) is 40.4 Å². The predicted octanol–water partition coefficient (Wildman–Crippen LogP) is 4.91. The predicted molar refractivity (Wildman–Crippen MR) is 243 cm³/mol. The molecule has 0 radical (unpaired) electrons. The fraction of sp³-hybridized carbons (Fsp3) is 0.706. The van der Waals surface area contributed by atoms with Gasteiger partial charge in [-0.3, -0.25) is 9.59 Å². The monoisotopic (exact) mass is 966 g/mol. The topological polar surface area (TPSA) is 241 Å². The Balaban J connectivity index is 1.06. The number of aliphatic hydroxyl groups excluding tert-OH is 3. The van der Waals surface area contributed by atoms with E-state index in [9.17, 15) is 39.6 Å². The van der Waals surface area contributed by atoms with E-state index in [0.29, 0.717) is 37.9 Å². The number of Topliss-reactive ketones (excluding diaryl/α,β-unsaturated/α-hetero) is 1. The van der Waals surface area contributed by atoms with Crippen molar-refractivity contribution in [1.82, 2.24) is 9.55 Å². The average Bonchev–Trinajstić information content (AvgIpc) is 3.95. The number of imidazole rings is 1. The lowest BCUT2D eigenvalue weighted by Crippen LogP contribution is -2.64. The Hall–Kier alpha value is -4.27. The molecule has 1 aromatic heterocycles. The first-order chi connectivity index (χ1) is 32.8. The number of fused-ring (bicyclic) bond motifs is 5. The van der Waals surface area contributed by atoms with E-state index in [1.54, 1.807) is 25.3 Å². The van der Waals surface area contributed by atoms with Crippen LogP contribution in [0.25, 0.3) is 0 Å². The molecule has 2 aliphatic heterocycles. The van der Waals surface area contributed by atoms with Crippen LogP contribution in [0.3, 0.4) is 0 Å². The molecular formula is C51H70N2O16. The molecule has 69 heavy (non-hydrogen) atoms. The van der Waals surface area contributed by atoms with Crippen molar-refractivity contribution >= 4 is 23.8 Å². The number of aliphatic hydroxyl groups is 4. The SMILES string of the molecule is COc1ccc(C(=O)O[C@H]2[C@H](O[C@@H]3[C@@H](OC(C)=O)[C@H](O[C@H]4C[C@H]5[C@@H]6CC=C7C[C@@H](OC(=O)n8ccnc8)CC[C@]7(C)C6CC[C@]5(C)[C@@]4(O)[C@H](C)C(=O)CCC(C)C)OC[C@@H]3O)OC[C@@H](O)[C@@H]2O)cc1. The number of aromatic nitrogens is 2. The molecule has 2 aromatic rings. The third-order valence-corrected chi connectivity index (χ3v) is 16.7. The summed E-state index contributed by atoms with van der Waals surface area (Å²) in [5.74, 6) is -1.61. The fourth-order valence-corrected chi connectivity index (χ4v) is 12.8. The standard InChI is InChI=1S/C51H70N2O16/c1-27(2)8-15-37(55)28(3)51(61)40(23-36-34-14-11-31-22-33(66-48(60)53-21-20-52-26-53)16-18-49(31,5)35(34)17-19-50(36,51)6)67-47-44(65-29(4)54)42(39(57)25-64-47)69-46-43(41(58)38(56)24-63-46)68-45(59)30-9-12-32(62-7)13-10-30/h9-13,20-21,26-28,33-36,38-44,46-47,56-58,61H,8,14-19,22-25H2,1-7H3/t28-,33+,34-,35?,36+,38-,39+,40+,41+,42+,43-,44-,46+,47+,49+,50+,51-/m1/s1. The van der Waals surface area contributed by atoms with Gasteiger partial charge in [0.25, 0.3) is 0 Å². The summed E-state index contributed by atoms with van der Waals surface area (Å²) in [5.41, 5.74) is -1.33. The van der Waals surface area contributed by atoms with Crippen molar-refractivity contribution in [2.75, 3.05) is 20.3 Å². The highest BCUT2D eigenvalue weighted by Gasteiger charge is 2.70. The van der Waals surface area contributed by atoms with Gasteiger partial charge in [0, 0.05) is 43.5 Å². The lowest BCUT2D eigenvalue weighted by Gasteiger charge is -2.59. The molecule has 4 N–H and O–H groups in total. The van der Waals surface area contributed by atoms with Crippen molar-refractivity contribution in [3.05, 3.63) is 60.2 Å². The number of ether oxygens (including phenoxy) is 8. The van der Waals surface area contributed by atoms with Crippen molar-refractivity contribution < 1.29 is 77.5 Å². The maximum atomic E-state index is 14.3. The highest BCUT2D eigenvalue weighted by atomic mass is 16.8. The van der Waals surface area contributed by atoms with Crippen LogP contribution in [-0.4, -0.2) is 141 Å². The Labute approximate surface area is 402 Å². The van der Waals surface area contributed by atoms with E-state index in [2.05, 4.69) is 24.9 Å². The second-order valence-corrected chi connectivity index (χ2v) is 21.0. The third-order valence-electron chi connectivity index (χ3n) is 16.7. The van der Waals surface area contributed by atoms with Gasteiger partial charge in [-0.05, 0) is 98.3 Å². The zero-order valence-electron chi connectivity index (χ0n) is 40.6. The zero-order chi connectivity index (χ0) is 49.6. The number of nitrogens with zero attached hydrogens (tertiary/aromatic N) is 2. The summed E-state index contributed by atoms with van der Waals surface area (Å²) in [7, 11) is 1.48. The summed E-state index contributed by atoms with van der Waals surface area (Å²) in [6, 6.07) is 6.03. The molecule has 5 fully saturated rings. The van der Waals surface area contributed by atoms with Crippen LogP contribution >= 0.6 is 0 Å². The van der Waals surface area contributed by atoms with Gasteiger partial charge in [0.2, 0.25) is 0 Å². The molecule has 18 heteroatoms. The van der Waals surface area contributed by atoms with Gasteiger partial charge in [-0.2, -0.15) is 0 Å². The Morgan fingerprint density at radius 1 is 0.884 bits per heavy atom. The molecule has 6 aliphatic rings. The number of carbonyl (C=O) groups excluding carboxylic acids is 4. The number of carbonyl (C=O) groups is 4. The van der Waals surface area contributed by atoms with Gasteiger partial charge in [0.1, 0.15) is 54.0 Å². The largest absolute Gasteiger partial charge is 0.497 e. The highest BCUT2D eigenvalue weighted by molar-refractivity contribution is 5.89. The smallest absolute Gasteiger partial charge is 0.419 e. The van der Waals surface area contributed by atoms with Gasteiger partial charge in [-0.1, -0.05) is 46.3 Å². The Bertz CT molecular complexity index is 2180. The zero-order valence-corrected chi connectivity index (χ0v) is 40.6. The number of ketones is 1. The van der Waals surface area contributed by atoms with E-state index in [-0.39, 0.29) is 59.6 Å². The molecule has 2 saturated heterocycles. The van der Waals surface area contributed by atoms with E-state index in [0.717, 1.165) is 19.3 Å². The minimum atomic E-state index is -1.72. The fourth-order valence-electron chi connectivity index (χ4n) is 12.8. The van der Waals surface area contributed by atoms with E-state index < -0.39 is 96.9 Å². The lowest BCUT2D eigenvalue weighted by molar-refractivity contribution is -0.345. The summed E-state index contributed by atoms with van der Waals surface area (Å²) < 4.78 is 49.1. The quantitative estimate of drug-likeness (QED) is 0.112. The first-order valence-corrected chi connectivity index (χ1v) is 24.5. The van der Waals surface area contributed by atoms with Crippen molar-refractivity contribution in [3.63, 3.8) is 0 Å². The van der Waals surface area contributed by atoms with Crippen molar-refractivity contribution in [1.29, 1.82) is 0 Å². The number of methoxy groups -OCH3 is 1. The molecule has 3 saturated carbocycles. The second kappa shape index (κ2) is 20.5. The van der Waals surface area contributed by atoms with Crippen LogP contribution in [0.4, 0.5) is 4.79 Å². The molecule has 3 heterocycles. The number of allylic oxidation sites excluding steroid dienone is 1. The molecule has 8 rings (SSSR count). The van der Waals surface area contributed by atoms with Gasteiger partial charge in [0.05, 0.1) is 32.0 Å². The van der Waals surface area contributed by atoms with Gasteiger partial charge >= 0.3 is 18.0 Å². The lowest BCUT2D eigenvalue weighted by atomic mass is 9.46. The summed E-state index contributed by atoms with van der Waals surface area (Å²) in [5, 5.41) is 46.8. The van der Waals surface area contributed by atoms with E-state index in [4.69, 9.17) is 37.9 Å². The Morgan fingerprint density at radius 2 is 1.59 bits per heavy atom. The highest BCUT2D eigenvalue weighted by Crippen LogP contribution is 2.69. The molecule has 18 nitrogen and oxygen atoms in total.